The highest BCUT2D eigenvalue weighted by Crippen LogP contribution is 2.32. The molecule has 4 nitrogen and oxygen atoms in total. The number of amides is 1. The van der Waals surface area contributed by atoms with Crippen molar-refractivity contribution in [1.82, 2.24) is 15.6 Å². The van der Waals surface area contributed by atoms with E-state index in [4.69, 9.17) is 0 Å². The number of rotatable bonds is 5. The summed E-state index contributed by atoms with van der Waals surface area (Å²) in [7, 11) is 0. The first-order valence-electron chi connectivity index (χ1n) is 5.96. The number of carbonyl (C=O) groups excluding carboxylic acids is 1. The van der Waals surface area contributed by atoms with Crippen LogP contribution >= 0.6 is 0 Å². The number of carbonyl (C=O) groups is 1. The lowest BCUT2D eigenvalue weighted by Gasteiger charge is -2.21. The topological polar surface area (TPSA) is 54.0 Å². The predicted octanol–water partition coefficient (Wildman–Crippen LogP) is 1.55. The molecule has 0 spiro atoms. The maximum absolute atomic E-state index is 12.9. The fourth-order valence-electron chi connectivity index (χ4n) is 1.64. The number of alkyl halides is 3. The lowest BCUT2D eigenvalue weighted by molar-refractivity contribution is -0.163. The van der Waals surface area contributed by atoms with Crippen LogP contribution in [0.1, 0.15) is 24.4 Å². The Morgan fingerprint density at radius 3 is 2.74 bits per heavy atom. The van der Waals surface area contributed by atoms with Crippen LogP contribution in [0.3, 0.4) is 0 Å². The standard InChI is InChI=1S/C12H14F3N3O/c13-12(14,15)11(8-2-1-5-16-6-8)18-10(19)7-17-9-3-4-9/h1-2,5-6,9,11,17H,3-4,7H2,(H,18,19)/t11-/m0/s1. The molecule has 0 saturated heterocycles. The summed E-state index contributed by atoms with van der Waals surface area (Å²) in [6.07, 6.45) is -0.115. The monoisotopic (exact) mass is 273 g/mol. The molecule has 1 aliphatic rings. The summed E-state index contributed by atoms with van der Waals surface area (Å²) in [6, 6.07) is 0.950. The zero-order valence-electron chi connectivity index (χ0n) is 10.1. The van der Waals surface area contributed by atoms with Gasteiger partial charge in [-0.05, 0) is 18.9 Å². The zero-order valence-corrected chi connectivity index (χ0v) is 10.1. The molecule has 1 amide bonds. The molecule has 19 heavy (non-hydrogen) atoms. The number of hydrogen-bond donors (Lipinski definition) is 2. The maximum Gasteiger partial charge on any atom is 0.412 e. The highest BCUT2D eigenvalue weighted by atomic mass is 19.4. The van der Waals surface area contributed by atoms with Crippen LogP contribution in [0.4, 0.5) is 13.2 Å². The van der Waals surface area contributed by atoms with Crippen LogP contribution < -0.4 is 10.6 Å². The van der Waals surface area contributed by atoms with Gasteiger partial charge in [-0.15, -0.1) is 0 Å². The Balaban J connectivity index is 1.99. The van der Waals surface area contributed by atoms with Gasteiger partial charge in [0.25, 0.3) is 0 Å². The first-order valence-corrected chi connectivity index (χ1v) is 5.96. The van der Waals surface area contributed by atoms with Gasteiger partial charge in [-0.1, -0.05) is 6.07 Å². The lowest BCUT2D eigenvalue weighted by atomic mass is 10.1. The van der Waals surface area contributed by atoms with Crippen molar-refractivity contribution in [2.24, 2.45) is 0 Å². The molecule has 2 rings (SSSR count). The second-order valence-electron chi connectivity index (χ2n) is 4.48. The molecule has 0 aromatic carbocycles. The average Bonchev–Trinajstić information content (AvgIpc) is 3.17. The minimum atomic E-state index is -4.54. The van der Waals surface area contributed by atoms with E-state index in [0.29, 0.717) is 0 Å². The molecule has 104 valence electrons. The van der Waals surface area contributed by atoms with Gasteiger partial charge in [-0.2, -0.15) is 13.2 Å². The Morgan fingerprint density at radius 1 is 1.47 bits per heavy atom. The smallest absolute Gasteiger partial charge is 0.340 e. The van der Waals surface area contributed by atoms with E-state index in [-0.39, 0.29) is 18.2 Å². The Kier molecular flexibility index (Phi) is 4.04. The summed E-state index contributed by atoms with van der Waals surface area (Å²) in [4.78, 5) is 15.2. The molecule has 1 aromatic heterocycles. The highest BCUT2D eigenvalue weighted by molar-refractivity contribution is 5.78. The lowest BCUT2D eigenvalue weighted by Crippen LogP contribution is -2.42. The normalized spacial score (nSPS) is 17.0. The number of halogens is 3. The third-order valence-corrected chi connectivity index (χ3v) is 2.78. The van der Waals surface area contributed by atoms with Crippen LogP contribution in [0.25, 0.3) is 0 Å². The second kappa shape index (κ2) is 5.56. The van der Waals surface area contributed by atoms with Gasteiger partial charge in [0.15, 0.2) is 6.04 Å². The molecule has 1 atom stereocenters. The Morgan fingerprint density at radius 2 is 2.21 bits per heavy atom. The van der Waals surface area contributed by atoms with Crippen molar-refractivity contribution in [1.29, 1.82) is 0 Å². The maximum atomic E-state index is 12.9. The minimum absolute atomic E-state index is 0.0743. The van der Waals surface area contributed by atoms with E-state index in [9.17, 15) is 18.0 Å². The molecule has 1 fully saturated rings. The Bertz CT molecular complexity index is 432. The minimum Gasteiger partial charge on any atom is -0.340 e. The third-order valence-electron chi connectivity index (χ3n) is 2.78. The van der Waals surface area contributed by atoms with Gasteiger partial charge in [0.2, 0.25) is 5.91 Å². The van der Waals surface area contributed by atoms with Crippen molar-refractivity contribution >= 4 is 5.91 Å². The molecule has 1 aliphatic carbocycles. The van der Waals surface area contributed by atoms with Gasteiger partial charge >= 0.3 is 6.18 Å². The van der Waals surface area contributed by atoms with Gasteiger partial charge in [-0.25, -0.2) is 0 Å². The molecule has 0 radical (unpaired) electrons. The zero-order chi connectivity index (χ0) is 13.9. The number of aromatic nitrogens is 1. The van der Waals surface area contributed by atoms with E-state index in [1.165, 1.54) is 18.3 Å². The first-order chi connectivity index (χ1) is 8.97. The van der Waals surface area contributed by atoms with Crippen molar-refractivity contribution in [2.45, 2.75) is 31.1 Å². The largest absolute Gasteiger partial charge is 0.412 e. The summed E-state index contributed by atoms with van der Waals surface area (Å²) >= 11 is 0. The molecular weight excluding hydrogens is 259 g/mol. The molecular formula is C12H14F3N3O. The quantitative estimate of drug-likeness (QED) is 0.856. The number of hydrogen-bond acceptors (Lipinski definition) is 3. The molecule has 1 heterocycles. The van der Waals surface area contributed by atoms with Gasteiger partial charge in [0.05, 0.1) is 6.54 Å². The van der Waals surface area contributed by atoms with Gasteiger partial charge < -0.3 is 10.6 Å². The van der Waals surface area contributed by atoms with Gasteiger partial charge in [0.1, 0.15) is 0 Å². The van der Waals surface area contributed by atoms with E-state index < -0.39 is 18.1 Å². The predicted molar refractivity (Wildman–Crippen MR) is 62.2 cm³/mol. The van der Waals surface area contributed by atoms with Crippen LogP contribution in [0.2, 0.25) is 0 Å². The van der Waals surface area contributed by atoms with Crippen molar-refractivity contribution < 1.29 is 18.0 Å². The van der Waals surface area contributed by atoms with E-state index >= 15 is 0 Å². The van der Waals surface area contributed by atoms with Crippen LogP contribution in [-0.4, -0.2) is 29.7 Å². The number of nitrogens with one attached hydrogen (secondary N) is 2. The van der Waals surface area contributed by atoms with Crippen LogP contribution in [0, 0.1) is 0 Å². The summed E-state index contributed by atoms with van der Waals surface area (Å²) < 4.78 is 38.7. The summed E-state index contributed by atoms with van der Waals surface area (Å²) in [5.41, 5.74) is -0.0743. The SMILES string of the molecule is O=C(CNC1CC1)N[C@@H](c1cccnc1)C(F)(F)F. The molecule has 2 N–H and O–H groups in total. The van der Waals surface area contributed by atoms with Crippen molar-refractivity contribution in [3.63, 3.8) is 0 Å². The van der Waals surface area contributed by atoms with Crippen molar-refractivity contribution in [3.05, 3.63) is 30.1 Å². The van der Waals surface area contributed by atoms with E-state index in [1.807, 2.05) is 5.32 Å². The van der Waals surface area contributed by atoms with Gasteiger partial charge in [0, 0.05) is 24.0 Å². The summed E-state index contributed by atoms with van der Waals surface area (Å²) in [5.74, 6) is -0.668. The van der Waals surface area contributed by atoms with Crippen LogP contribution in [0.5, 0.6) is 0 Å². The van der Waals surface area contributed by atoms with E-state index in [0.717, 1.165) is 19.0 Å². The summed E-state index contributed by atoms with van der Waals surface area (Å²) in [5, 5.41) is 4.86. The highest BCUT2D eigenvalue weighted by Gasteiger charge is 2.42. The van der Waals surface area contributed by atoms with Crippen molar-refractivity contribution in [2.75, 3.05) is 6.54 Å². The first kappa shape index (κ1) is 13.8. The number of nitrogens with zero attached hydrogens (tertiary/aromatic N) is 1. The second-order valence-corrected chi connectivity index (χ2v) is 4.48. The van der Waals surface area contributed by atoms with Crippen LogP contribution in [-0.2, 0) is 4.79 Å². The van der Waals surface area contributed by atoms with Crippen molar-refractivity contribution in [3.8, 4) is 0 Å². The third kappa shape index (κ3) is 4.20. The van der Waals surface area contributed by atoms with Crippen LogP contribution in [0.15, 0.2) is 24.5 Å². The number of pyridine rings is 1. The molecule has 1 aromatic rings. The fraction of sp³-hybridized carbons (Fsp3) is 0.500. The molecule has 0 aliphatic heterocycles. The van der Waals surface area contributed by atoms with E-state index in [1.54, 1.807) is 0 Å². The fourth-order valence-corrected chi connectivity index (χ4v) is 1.64. The molecule has 7 heteroatoms. The Hall–Kier alpha value is -1.63. The Labute approximate surface area is 108 Å². The van der Waals surface area contributed by atoms with E-state index in [2.05, 4.69) is 10.3 Å². The molecule has 0 bridgehead atoms. The molecule has 1 saturated carbocycles. The molecule has 0 unspecified atom stereocenters. The average molecular weight is 273 g/mol. The summed E-state index contributed by atoms with van der Waals surface area (Å²) in [6.45, 7) is -0.0997. The van der Waals surface area contributed by atoms with Gasteiger partial charge in [-0.3, -0.25) is 9.78 Å².